The lowest BCUT2D eigenvalue weighted by atomic mass is 9.85. The number of phenols is 1. The summed E-state index contributed by atoms with van der Waals surface area (Å²) in [6.07, 6.45) is 11.1. The van der Waals surface area contributed by atoms with E-state index in [0.29, 0.717) is 17.7 Å². The Balaban J connectivity index is 1.69. The SMILES string of the molecule is CC(C)[C@@H](CC1CCCCCC1)N1CCc2ccc(O)cc2C1. The van der Waals surface area contributed by atoms with Crippen LogP contribution in [0.15, 0.2) is 18.2 Å². The fraction of sp³-hybridized carbons (Fsp3) is 0.714. The number of aromatic hydroxyl groups is 1. The molecule has 0 spiro atoms. The van der Waals surface area contributed by atoms with Gasteiger partial charge in [0, 0.05) is 19.1 Å². The Morgan fingerprint density at radius 1 is 1.09 bits per heavy atom. The van der Waals surface area contributed by atoms with Gasteiger partial charge in [0.2, 0.25) is 0 Å². The average Bonchev–Trinajstić information content (AvgIpc) is 2.80. The van der Waals surface area contributed by atoms with Crippen LogP contribution < -0.4 is 0 Å². The Morgan fingerprint density at radius 2 is 1.83 bits per heavy atom. The molecule has 1 heterocycles. The fourth-order valence-electron chi connectivity index (χ4n) is 4.63. The van der Waals surface area contributed by atoms with E-state index < -0.39 is 0 Å². The first-order valence-corrected chi connectivity index (χ1v) is 9.68. The summed E-state index contributed by atoms with van der Waals surface area (Å²) in [5.41, 5.74) is 2.76. The van der Waals surface area contributed by atoms with Gasteiger partial charge in [-0.05, 0) is 47.9 Å². The zero-order chi connectivity index (χ0) is 16.2. The zero-order valence-corrected chi connectivity index (χ0v) is 14.9. The molecule has 1 saturated carbocycles. The van der Waals surface area contributed by atoms with Gasteiger partial charge in [-0.2, -0.15) is 0 Å². The van der Waals surface area contributed by atoms with Crippen LogP contribution in [-0.4, -0.2) is 22.6 Å². The molecule has 1 N–H and O–H groups in total. The number of nitrogens with zero attached hydrogens (tertiary/aromatic N) is 1. The molecular formula is C21H33NO. The van der Waals surface area contributed by atoms with Crippen LogP contribution in [0.3, 0.4) is 0 Å². The molecule has 0 saturated heterocycles. The van der Waals surface area contributed by atoms with Gasteiger partial charge in [-0.1, -0.05) is 58.4 Å². The van der Waals surface area contributed by atoms with Crippen molar-refractivity contribution in [1.82, 2.24) is 4.90 Å². The van der Waals surface area contributed by atoms with Gasteiger partial charge in [-0.15, -0.1) is 0 Å². The van der Waals surface area contributed by atoms with E-state index >= 15 is 0 Å². The van der Waals surface area contributed by atoms with Crippen LogP contribution in [-0.2, 0) is 13.0 Å². The molecule has 1 aromatic rings. The van der Waals surface area contributed by atoms with Crippen molar-refractivity contribution in [3.63, 3.8) is 0 Å². The Kier molecular flexibility index (Phi) is 5.63. The third kappa shape index (κ3) is 4.29. The third-order valence-electron chi connectivity index (χ3n) is 6.02. The second-order valence-corrected chi connectivity index (χ2v) is 8.08. The second kappa shape index (κ2) is 7.70. The first-order chi connectivity index (χ1) is 11.1. The van der Waals surface area contributed by atoms with Crippen molar-refractivity contribution in [2.24, 2.45) is 11.8 Å². The predicted molar refractivity (Wildman–Crippen MR) is 96.7 cm³/mol. The molecule has 23 heavy (non-hydrogen) atoms. The quantitative estimate of drug-likeness (QED) is 0.778. The Morgan fingerprint density at radius 3 is 2.52 bits per heavy atom. The third-order valence-corrected chi connectivity index (χ3v) is 6.02. The molecule has 2 aliphatic rings. The molecule has 1 fully saturated rings. The average molecular weight is 316 g/mol. The summed E-state index contributed by atoms with van der Waals surface area (Å²) < 4.78 is 0. The highest BCUT2D eigenvalue weighted by Crippen LogP contribution is 2.32. The van der Waals surface area contributed by atoms with Crippen molar-refractivity contribution in [3.05, 3.63) is 29.3 Å². The van der Waals surface area contributed by atoms with Gasteiger partial charge in [-0.3, -0.25) is 4.90 Å². The maximum Gasteiger partial charge on any atom is 0.115 e. The van der Waals surface area contributed by atoms with E-state index in [0.717, 1.165) is 18.9 Å². The molecule has 2 heteroatoms. The van der Waals surface area contributed by atoms with Crippen molar-refractivity contribution >= 4 is 0 Å². The summed E-state index contributed by atoms with van der Waals surface area (Å²) in [4.78, 5) is 2.69. The van der Waals surface area contributed by atoms with Gasteiger partial charge in [0.1, 0.15) is 5.75 Å². The lowest BCUT2D eigenvalue weighted by Gasteiger charge is -2.39. The van der Waals surface area contributed by atoms with Crippen molar-refractivity contribution in [2.45, 2.75) is 77.8 Å². The summed E-state index contributed by atoms with van der Waals surface area (Å²) >= 11 is 0. The minimum absolute atomic E-state index is 0.412. The van der Waals surface area contributed by atoms with Crippen LogP contribution in [0.4, 0.5) is 0 Å². The van der Waals surface area contributed by atoms with Crippen LogP contribution >= 0.6 is 0 Å². The molecule has 0 unspecified atom stereocenters. The van der Waals surface area contributed by atoms with Crippen molar-refractivity contribution in [1.29, 1.82) is 0 Å². The van der Waals surface area contributed by atoms with E-state index in [1.54, 1.807) is 0 Å². The van der Waals surface area contributed by atoms with Crippen LogP contribution in [0.5, 0.6) is 5.75 Å². The summed E-state index contributed by atoms with van der Waals surface area (Å²) in [6.45, 7) is 6.96. The molecule has 0 amide bonds. The lowest BCUT2D eigenvalue weighted by Crippen LogP contribution is -2.43. The Labute approximate surface area is 141 Å². The summed E-state index contributed by atoms with van der Waals surface area (Å²) in [5, 5.41) is 9.80. The zero-order valence-electron chi connectivity index (χ0n) is 14.9. The molecule has 0 aromatic heterocycles. The highest BCUT2D eigenvalue weighted by atomic mass is 16.3. The fourth-order valence-corrected chi connectivity index (χ4v) is 4.63. The maximum absolute atomic E-state index is 9.80. The highest BCUT2D eigenvalue weighted by molar-refractivity contribution is 5.36. The number of rotatable bonds is 4. The Hall–Kier alpha value is -1.02. The van der Waals surface area contributed by atoms with E-state index in [9.17, 15) is 5.11 Å². The minimum Gasteiger partial charge on any atom is -0.508 e. The molecule has 1 atom stereocenters. The molecule has 1 aliphatic carbocycles. The van der Waals surface area contributed by atoms with E-state index in [2.05, 4.69) is 24.8 Å². The Bertz CT molecular complexity index is 503. The molecular weight excluding hydrogens is 282 g/mol. The smallest absolute Gasteiger partial charge is 0.115 e. The van der Waals surface area contributed by atoms with Gasteiger partial charge >= 0.3 is 0 Å². The summed E-state index contributed by atoms with van der Waals surface area (Å²) in [7, 11) is 0. The first kappa shape index (κ1) is 16.8. The van der Waals surface area contributed by atoms with Gasteiger partial charge in [-0.25, -0.2) is 0 Å². The van der Waals surface area contributed by atoms with Gasteiger partial charge in [0.15, 0.2) is 0 Å². The molecule has 128 valence electrons. The van der Waals surface area contributed by atoms with Gasteiger partial charge < -0.3 is 5.11 Å². The molecule has 3 rings (SSSR count). The van der Waals surface area contributed by atoms with E-state index in [1.807, 2.05) is 12.1 Å². The standard InChI is InChI=1S/C21H33NO/c1-16(2)21(13-17-7-5-3-4-6-8-17)22-12-11-18-9-10-20(23)14-19(18)15-22/h9-10,14,16-17,21,23H,3-8,11-13,15H2,1-2H3/t21-/m1/s1. The van der Waals surface area contributed by atoms with Crippen LogP contribution in [0, 0.1) is 11.8 Å². The number of hydrogen-bond acceptors (Lipinski definition) is 2. The largest absolute Gasteiger partial charge is 0.508 e. The number of benzene rings is 1. The predicted octanol–water partition coefficient (Wildman–Crippen LogP) is 5.14. The number of phenolic OH excluding ortho intramolecular Hbond substituents is 1. The summed E-state index contributed by atoms with van der Waals surface area (Å²) in [6, 6.07) is 6.61. The van der Waals surface area contributed by atoms with Crippen LogP contribution in [0.2, 0.25) is 0 Å². The van der Waals surface area contributed by atoms with E-state index in [4.69, 9.17) is 0 Å². The molecule has 0 radical (unpaired) electrons. The lowest BCUT2D eigenvalue weighted by molar-refractivity contribution is 0.111. The van der Waals surface area contributed by atoms with Crippen molar-refractivity contribution in [2.75, 3.05) is 6.54 Å². The van der Waals surface area contributed by atoms with E-state index in [1.165, 1.54) is 62.6 Å². The second-order valence-electron chi connectivity index (χ2n) is 8.08. The number of hydrogen-bond donors (Lipinski definition) is 1. The summed E-state index contributed by atoms with van der Waals surface area (Å²) in [5.74, 6) is 2.04. The van der Waals surface area contributed by atoms with E-state index in [-0.39, 0.29) is 0 Å². The maximum atomic E-state index is 9.80. The van der Waals surface area contributed by atoms with Crippen molar-refractivity contribution in [3.8, 4) is 5.75 Å². The molecule has 1 aliphatic heterocycles. The number of fused-ring (bicyclic) bond motifs is 1. The highest BCUT2D eigenvalue weighted by Gasteiger charge is 2.28. The van der Waals surface area contributed by atoms with Gasteiger partial charge in [0.25, 0.3) is 0 Å². The molecule has 1 aromatic carbocycles. The monoisotopic (exact) mass is 315 g/mol. The molecule has 2 nitrogen and oxygen atoms in total. The topological polar surface area (TPSA) is 23.5 Å². The molecule has 0 bridgehead atoms. The first-order valence-electron chi connectivity index (χ1n) is 9.68. The van der Waals surface area contributed by atoms with Crippen LogP contribution in [0.25, 0.3) is 0 Å². The van der Waals surface area contributed by atoms with Crippen LogP contribution in [0.1, 0.15) is 69.9 Å². The van der Waals surface area contributed by atoms with Crippen molar-refractivity contribution < 1.29 is 5.11 Å². The normalized spacial score (nSPS) is 21.9. The minimum atomic E-state index is 0.412. The van der Waals surface area contributed by atoms with Gasteiger partial charge in [0.05, 0.1) is 0 Å².